The summed E-state index contributed by atoms with van der Waals surface area (Å²) < 4.78 is 5.40. The van der Waals surface area contributed by atoms with Gasteiger partial charge in [-0.1, -0.05) is 37.1 Å². The van der Waals surface area contributed by atoms with Crippen LogP contribution in [0.5, 0.6) is 0 Å². The van der Waals surface area contributed by atoms with Crippen molar-refractivity contribution >= 4 is 35.1 Å². The van der Waals surface area contributed by atoms with Crippen molar-refractivity contribution in [2.45, 2.75) is 50.6 Å². The highest BCUT2D eigenvalue weighted by molar-refractivity contribution is 6.15. The molecular formula is C26H27N3O5. The lowest BCUT2D eigenvalue weighted by molar-refractivity contribution is -0.129. The summed E-state index contributed by atoms with van der Waals surface area (Å²) in [6, 6.07) is 14.1. The summed E-state index contributed by atoms with van der Waals surface area (Å²) in [6.45, 7) is 0.701. The molecule has 8 heteroatoms. The number of carbonyl (C=O) groups is 4. The zero-order valence-electron chi connectivity index (χ0n) is 18.9. The van der Waals surface area contributed by atoms with Crippen LogP contribution in [-0.2, 0) is 25.7 Å². The van der Waals surface area contributed by atoms with Crippen LogP contribution in [0.4, 0.5) is 11.4 Å². The van der Waals surface area contributed by atoms with E-state index in [-0.39, 0.29) is 11.8 Å². The summed E-state index contributed by atoms with van der Waals surface area (Å²) in [4.78, 5) is 54.4. The Morgan fingerprint density at radius 1 is 1.00 bits per heavy atom. The normalized spacial score (nSPS) is 18.7. The van der Waals surface area contributed by atoms with Crippen molar-refractivity contribution in [3.05, 3.63) is 59.7 Å². The maximum absolute atomic E-state index is 13.4. The van der Waals surface area contributed by atoms with Crippen molar-refractivity contribution < 1.29 is 23.9 Å². The third-order valence-corrected chi connectivity index (χ3v) is 6.96. The minimum Gasteiger partial charge on any atom is -0.452 e. The lowest BCUT2D eigenvalue weighted by Gasteiger charge is -2.44. The van der Waals surface area contributed by atoms with Gasteiger partial charge in [-0.15, -0.1) is 0 Å². The highest BCUT2D eigenvalue weighted by Crippen LogP contribution is 2.45. The maximum atomic E-state index is 13.4. The summed E-state index contributed by atoms with van der Waals surface area (Å²) >= 11 is 0. The van der Waals surface area contributed by atoms with E-state index in [1.807, 2.05) is 12.1 Å². The second-order valence-corrected chi connectivity index (χ2v) is 9.13. The van der Waals surface area contributed by atoms with Crippen LogP contribution in [0.15, 0.2) is 48.5 Å². The van der Waals surface area contributed by atoms with Crippen molar-refractivity contribution in [1.82, 2.24) is 4.90 Å². The van der Waals surface area contributed by atoms with Gasteiger partial charge < -0.3 is 15.0 Å². The number of ether oxygens (including phenoxy) is 1. The molecule has 2 heterocycles. The van der Waals surface area contributed by atoms with E-state index in [1.54, 1.807) is 41.3 Å². The molecule has 176 valence electrons. The van der Waals surface area contributed by atoms with Crippen molar-refractivity contribution in [2.75, 3.05) is 23.4 Å². The molecular weight excluding hydrogens is 434 g/mol. The fraction of sp³-hybridized carbons (Fsp3) is 0.385. The number of anilines is 2. The molecule has 0 bridgehead atoms. The van der Waals surface area contributed by atoms with Gasteiger partial charge in [-0.2, -0.15) is 0 Å². The Balaban J connectivity index is 1.31. The molecule has 3 amide bonds. The van der Waals surface area contributed by atoms with Crippen molar-refractivity contribution in [2.24, 2.45) is 0 Å². The summed E-state index contributed by atoms with van der Waals surface area (Å²) in [5.74, 6) is -1.10. The lowest BCUT2D eigenvalue weighted by Crippen LogP contribution is -2.61. The Morgan fingerprint density at radius 2 is 1.79 bits per heavy atom. The van der Waals surface area contributed by atoms with Crippen LogP contribution in [0.25, 0.3) is 0 Å². The smallest absolute Gasteiger partial charge is 0.338 e. The number of carbonyl (C=O) groups excluding carboxylic acids is 4. The first kappa shape index (κ1) is 22.1. The highest BCUT2D eigenvalue weighted by atomic mass is 16.5. The maximum Gasteiger partial charge on any atom is 0.338 e. The SMILES string of the molecule is O=C(OCC(=O)N1c2ccccc2NC(=O)C12CCCC2)c1cccc(CN2CCCC2=O)c1. The van der Waals surface area contributed by atoms with E-state index in [1.165, 1.54) is 4.90 Å². The van der Waals surface area contributed by atoms with E-state index in [0.29, 0.717) is 49.3 Å². The van der Waals surface area contributed by atoms with Crippen LogP contribution in [0.1, 0.15) is 54.4 Å². The predicted octanol–water partition coefficient (Wildman–Crippen LogP) is 3.26. The molecule has 5 rings (SSSR count). The molecule has 2 fully saturated rings. The molecule has 1 saturated carbocycles. The van der Waals surface area contributed by atoms with Crippen LogP contribution < -0.4 is 10.2 Å². The third kappa shape index (κ3) is 3.93. The van der Waals surface area contributed by atoms with E-state index >= 15 is 0 Å². The first-order valence-electron chi connectivity index (χ1n) is 11.8. The van der Waals surface area contributed by atoms with E-state index in [2.05, 4.69) is 5.32 Å². The Labute approximate surface area is 197 Å². The quantitative estimate of drug-likeness (QED) is 0.690. The number of hydrogen-bond acceptors (Lipinski definition) is 5. The molecule has 1 aliphatic carbocycles. The average Bonchev–Trinajstić information content (AvgIpc) is 3.48. The number of nitrogens with zero attached hydrogens (tertiary/aromatic N) is 2. The lowest BCUT2D eigenvalue weighted by atomic mass is 9.90. The van der Waals surface area contributed by atoms with Crippen LogP contribution in [0, 0.1) is 0 Å². The first-order valence-corrected chi connectivity index (χ1v) is 11.8. The standard InChI is InChI=1S/C26H27N3O5/c30-22-11-6-14-28(22)16-18-7-5-8-19(15-18)24(32)34-17-23(31)29-21-10-2-1-9-20(21)27-25(33)26(29)12-3-4-13-26/h1-2,5,7-10,15H,3-4,6,11-14,16-17H2,(H,27,33). The molecule has 34 heavy (non-hydrogen) atoms. The molecule has 8 nitrogen and oxygen atoms in total. The molecule has 0 unspecified atom stereocenters. The number of likely N-dealkylation sites (tertiary alicyclic amines) is 1. The second kappa shape index (κ2) is 8.93. The highest BCUT2D eigenvalue weighted by Gasteiger charge is 2.52. The summed E-state index contributed by atoms with van der Waals surface area (Å²) in [6.07, 6.45) is 4.26. The molecule has 1 spiro atoms. The zero-order chi connectivity index (χ0) is 23.7. The van der Waals surface area contributed by atoms with Gasteiger partial charge in [0, 0.05) is 19.5 Å². The van der Waals surface area contributed by atoms with Crippen molar-refractivity contribution in [3.63, 3.8) is 0 Å². The first-order chi connectivity index (χ1) is 16.5. The Morgan fingerprint density at radius 3 is 2.56 bits per heavy atom. The van der Waals surface area contributed by atoms with Gasteiger partial charge in [0.15, 0.2) is 6.61 Å². The Kier molecular flexibility index (Phi) is 5.81. The molecule has 3 aliphatic rings. The molecule has 2 aromatic rings. The van der Waals surface area contributed by atoms with E-state index < -0.39 is 24.0 Å². The monoisotopic (exact) mass is 461 g/mol. The molecule has 0 aromatic heterocycles. The number of amides is 3. The number of rotatable bonds is 5. The molecule has 2 aromatic carbocycles. The van der Waals surface area contributed by atoms with Gasteiger partial charge in [0.2, 0.25) is 5.91 Å². The van der Waals surface area contributed by atoms with Gasteiger partial charge in [0.05, 0.1) is 16.9 Å². The summed E-state index contributed by atoms with van der Waals surface area (Å²) in [5, 5.41) is 2.94. The van der Waals surface area contributed by atoms with E-state index in [9.17, 15) is 19.2 Å². The van der Waals surface area contributed by atoms with Crippen LogP contribution in [-0.4, -0.2) is 47.3 Å². The predicted molar refractivity (Wildman–Crippen MR) is 125 cm³/mol. The number of esters is 1. The number of para-hydroxylation sites is 2. The zero-order valence-corrected chi connectivity index (χ0v) is 18.9. The molecule has 0 radical (unpaired) electrons. The van der Waals surface area contributed by atoms with Crippen LogP contribution in [0.2, 0.25) is 0 Å². The van der Waals surface area contributed by atoms with Gasteiger partial charge in [-0.05, 0) is 49.1 Å². The van der Waals surface area contributed by atoms with Gasteiger partial charge in [0.25, 0.3) is 11.8 Å². The fourth-order valence-electron chi connectivity index (χ4n) is 5.29. The van der Waals surface area contributed by atoms with E-state index in [4.69, 9.17) is 4.74 Å². The summed E-state index contributed by atoms with van der Waals surface area (Å²) in [7, 11) is 0. The van der Waals surface area contributed by atoms with Gasteiger partial charge in [-0.3, -0.25) is 19.3 Å². The third-order valence-electron chi connectivity index (χ3n) is 6.96. The van der Waals surface area contributed by atoms with Crippen LogP contribution >= 0.6 is 0 Å². The van der Waals surface area contributed by atoms with E-state index in [0.717, 1.165) is 24.8 Å². The number of nitrogens with one attached hydrogen (secondary N) is 1. The van der Waals surface area contributed by atoms with Gasteiger partial charge >= 0.3 is 5.97 Å². The Hall–Kier alpha value is -3.68. The fourth-order valence-corrected chi connectivity index (χ4v) is 5.29. The number of hydrogen-bond donors (Lipinski definition) is 1. The topological polar surface area (TPSA) is 96.0 Å². The molecule has 2 aliphatic heterocycles. The van der Waals surface area contributed by atoms with Crippen LogP contribution in [0.3, 0.4) is 0 Å². The largest absolute Gasteiger partial charge is 0.452 e. The van der Waals surface area contributed by atoms with Crippen molar-refractivity contribution in [3.8, 4) is 0 Å². The van der Waals surface area contributed by atoms with Crippen molar-refractivity contribution in [1.29, 1.82) is 0 Å². The van der Waals surface area contributed by atoms with Gasteiger partial charge in [0.1, 0.15) is 5.54 Å². The minimum absolute atomic E-state index is 0.116. The molecule has 1 N–H and O–H groups in total. The van der Waals surface area contributed by atoms with Gasteiger partial charge in [-0.25, -0.2) is 4.79 Å². The minimum atomic E-state index is -0.944. The number of benzene rings is 2. The molecule has 0 atom stereocenters. The Bertz CT molecular complexity index is 1150. The number of fused-ring (bicyclic) bond motifs is 1. The molecule has 1 saturated heterocycles. The summed E-state index contributed by atoms with van der Waals surface area (Å²) in [5.41, 5.74) is 1.42. The second-order valence-electron chi connectivity index (χ2n) is 9.13. The average molecular weight is 462 g/mol.